The summed E-state index contributed by atoms with van der Waals surface area (Å²) in [4.78, 5) is 16.0. The molecule has 6 nitrogen and oxygen atoms in total. The van der Waals surface area contributed by atoms with Crippen molar-refractivity contribution in [1.82, 2.24) is 4.90 Å². The van der Waals surface area contributed by atoms with Crippen LogP contribution in [-0.2, 0) is 4.74 Å². The average molecular weight is 307 g/mol. The molecule has 0 radical (unpaired) electrons. The van der Waals surface area contributed by atoms with Crippen molar-refractivity contribution in [2.45, 2.75) is 39.3 Å². The summed E-state index contributed by atoms with van der Waals surface area (Å²) < 4.78 is 5.42. The van der Waals surface area contributed by atoms with Gasteiger partial charge in [0.05, 0.1) is 11.4 Å². The minimum atomic E-state index is -0.487. The van der Waals surface area contributed by atoms with E-state index in [-0.39, 0.29) is 17.9 Å². The zero-order valence-electron chi connectivity index (χ0n) is 13.7. The molecule has 1 fully saturated rings. The van der Waals surface area contributed by atoms with E-state index in [1.165, 1.54) is 0 Å². The lowest BCUT2D eigenvalue weighted by molar-refractivity contribution is 0.0219. The van der Waals surface area contributed by atoms with Gasteiger partial charge < -0.3 is 25.4 Å². The molecule has 6 heteroatoms. The predicted octanol–water partition coefficient (Wildman–Crippen LogP) is 2.42. The van der Waals surface area contributed by atoms with Gasteiger partial charge in [0.25, 0.3) is 0 Å². The van der Waals surface area contributed by atoms with Gasteiger partial charge in [-0.2, -0.15) is 0 Å². The number of ether oxygens (including phenoxy) is 1. The fourth-order valence-electron chi connectivity index (χ4n) is 2.61. The largest absolute Gasteiger partial charge is 0.508 e. The molecule has 2 rings (SSSR count). The number of hydrogen-bond acceptors (Lipinski definition) is 5. The molecular weight excluding hydrogens is 282 g/mol. The smallest absolute Gasteiger partial charge is 0.410 e. The van der Waals surface area contributed by atoms with Crippen LogP contribution >= 0.6 is 0 Å². The van der Waals surface area contributed by atoms with Crippen LogP contribution in [0.25, 0.3) is 0 Å². The van der Waals surface area contributed by atoms with Crippen LogP contribution in [-0.4, -0.2) is 47.4 Å². The fourth-order valence-corrected chi connectivity index (χ4v) is 2.61. The van der Waals surface area contributed by atoms with E-state index >= 15 is 0 Å². The van der Waals surface area contributed by atoms with Crippen molar-refractivity contribution in [3.63, 3.8) is 0 Å². The van der Waals surface area contributed by atoms with E-state index in [1.54, 1.807) is 17.0 Å². The second-order valence-electron chi connectivity index (χ2n) is 6.71. The van der Waals surface area contributed by atoms with Gasteiger partial charge >= 0.3 is 6.09 Å². The third kappa shape index (κ3) is 3.75. The Kier molecular flexibility index (Phi) is 4.39. The highest BCUT2D eigenvalue weighted by Gasteiger charge is 2.30. The first-order valence-corrected chi connectivity index (χ1v) is 7.50. The van der Waals surface area contributed by atoms with Crippen molar-refractivity contribution in [3.8, 4) is 5.75 Å². The highest BCUT2D eigenvalue weighted by atomic mass is 16.6. The zero-order valence-corrected chi connectivity index (χ0v) is 13.7. The van der Waals surface area contributed by atoms with Crippen molar-refractivity contribution in [2.75, 3.05) is 30.3 Å². The third-order valence-corrected chi connectivity index (χ3v) is 3.60. The number of rotatable bonds is 1. The maximum Gasteiger partial charge on any atom is 0.410 e. The minimum absolute atomic E-state index is 0.119. The maximum atomic E-state index is 12.1. The Labute approximate surface area is 131 Å². The molecule has 1 aliphatic rings. The Bertz CT molecular complexity index is 554. The van der Waals surface area contributed by atoms with E-state index in [1.807, 2.05) is 33.8 Å². The van der Waals surface area contributed by atoms with Crippen molar-refractivity contribution in [2.24, 2.45) is 0 Å². The highest BCUT2D eigenvalue weighted by Crippen LogP contribution is 2.30. The number of nitrogen functional groups attached to an aromatic ring is 1. The standard InChI is InChI=1S/C16H25N3O3/c1-11-10-18(15(21)22-16(2,3)4)7-8-19(11)14-6-5-12(20)9-13(14)17/h5-6,9,11,20H,7-8,10,17H2,1-4H3/t11-/m1/s1. The molecule has 0 saturated carbocycles. The molecule has 1 atom stereocenters. The summed E-state index contributed by atoms with van der Waals surface area (Å²) in [6, 6.07) is 5.10. The number of amides is 1. The lowest BCUT2D eigenvalue weighted by Gasteiger charge is -2.41. The molecular formula is C16H25N3O3. The lowest BCUT2D eigenvalue weighted by Crippen LogP contribution is -2.54. The number of nitrogens with zero attached hydrogens (tertiary/aromatic N) is 2. The topological polar surface area (TPSA) is 79.0 Å². The molecule has 22 heavy (non-hydrogen) atoms. The molecule has 1 aliphatic heterocycles. The second-order valence-corrected chi connectivity index (χ2v) is 6.71. The molecule has 0 spiro atoms. The summed E-state index contributed by atoms with van der Waals surface area (Å²) >= 11 is 0. The molecule has 0 unspecified atom stereocenters. The van der Waals surface area contributed by atoms with E-state index in [0.717, 1.165) is 5.69 Å². The van der Waals surface area contributed by atoms with Gasteiger partial charge in [0.2, 0.25) is 0 Å². The van der Waals surface area contributed by atoms with Gasteiger partial charge in [0.1, 0.15) is 11.4 Å². The molecule has 1 aromatic carbocycles. The molecule has 1 amide bonds. The van der Waals surface area contributed by atoms with Crippen LogP contribution in [0.4, 0.5) is 16.2 Å². The summed E-state index contributed by atoms with van der Waals surface area (Å²) in [5, 5.41) is 9.46. The van der Waals surface area contributed by atoms with Gasteiger partial charge in [-0.25, -0.2) is 4.79 Å². The van der Waals surface area contributed by atoms with Crippen molar-refractivity contribution in [1.29, 1.82) is 0 Å². The Morgan fingerprint density at radius 2 is 2.05 bits per heavy atom. The SMILES string of the molecule is C[C@@H]1CN(C(=O)OC(C)(C)C)CCN1c1ccc(O)cc1N. The Hall–Kier alpha value is -2.11. The van der Waals surface area contributed by atoms with Gasteiger partial charge in [0.15, 0.2) is 0 Å². The van der Waals surface area contributed by atoms with Crippen LogP contribution in [0.2, 0.25) is 0 Å². The number of nitrogens with two attached hydrogens (primary N) is 1. The van der Waals surface area contributed by atoms with Crippen molar-refractivity contribution >= 4 is 17.5 Å². The number of aromatic hydroxyl groups is 1. The number of piperazine rings is 1. The van der Waals surface area contributed by atoms with Gasteiger partial charge in [-0.3, -0.25) is 0 Å². The zero-order chi connectivity index (χ0) is 16.5. The van der Waals surface area contributed by atoms with Crippen LogP contribution in [0.1, 0.15) is 27.7 Å². The van der Waals surface area contributed by atoms with Crippen LogP contribution in [0.15, 0.2) is 18.2 Å². The minimum Gasteiger partial charge on any atom is -0.508 e. The predicted molar refractivity (Wildman–Crippen MR) is 87.1 cm³/mol. The molecule has 0 aromatic heterocycles. The lowest BCUT2D eigenvalue weighted by atomic mass is 10.1. The Morgan fingerprint density at radius 3 is 2.59 bits per heavy atom. The number of benzene rings is 1. The Balaban J connectivity index is 2.05. The molecule has 0 bridgehead atoms. The number of carbonyl (C=O) groups excluding carboxylic acids is 1. The summed E-state index contributed by atoms with van der Waals surface area (Å²) in [6.07, 6.45) is -0.280. The summed E-state index contributed by atoms with van der Waals surface area (Å²) in [6.45, 7) is 9.47. The van der Waals surface area contributed by atoms with Crippen LogP contribution < -0.4 is 10.6 Å². The number of carbonyl (C=O) groups is 1. The van der Waals surface area contributed by atoms with Crippen LogP contribution in [0.3, 0.4) is 0 Å². The first kappa shape index (κ1) is 16.3. The van der Waals surface area contributed by atoms with Crippen LogP contribution in [0.5, 0.6) is 5.75 Å². The van der Waals surface area contributed by atoms with E-state index in [0.29, 0.717) is 25.3 Å². The van der Waals surface area contributed by atoms with Gasteiger partial charge in [-0.15, -0.1) is 0 Å². The highest BCUT2D eigenvalue weighted by molar-refractivity contribution is 5.72. The van der Waals surface area contributed by atoms with Crippen molar-refractivity contribution in [3.05, 3.63) is 18.2 Å². The van der Waals surface area contributed by atoms with E-state index < -0.39 is 5.60 Å². The summed E-state index contributed by atoms with van der Waals surface area (Å²) in [5.41, 5.74) is 6.92. The van der Waals surface area contributed by atoms with Crippen molar-refractivity contribution < 1.29 is 14.6 Å². The number of hydrogen-bond donors (Lipinski definition) is 2. The molecule has 1 saturated heterocycles. The van der Waals surface area contributed by atoms with Gasteiger partial charge in [-0.1, -0.05) is 0 Å². The fraction of sp³-hybridized carbons (Fsp3) is 0.562. The monoisotopic (exact) mass is 307 g/mol. The molecule has 0 aliphatic carbocycles. The molecule has 1 aromatic rings. The molecule has 122 valence electrons. The molecule has 1 heterocycles. The number of phenols is 1. The van der Waals surface area contributed by atoms with E-state index in [4.69, 9.17) is 10.5 Å². The maximum absolute atomic E-state index is 12.1. The number of phenolic OH excluding ortho intramolecular Hbond substituents is 1. The Morgan fingerprint density at radius 1 is 1.36 bits per heavy atom. The van der Waals surface area contributed by atoms with E-state index in [9.17, 15) is 9.90 Å². The second kappa shape index (κ2) is 5.94. The van der Waals surface area contributed by atoms with Crippen LogP contribution in [0, 0.1) is 0 Å². The van der Waals surface area contributed by atoms with E-state index in [2.05, 4.69) is 4.90 Å². The summed E-state index contributed by atoms with van der Waals surface area (Å²) in [7, 11) is 0. The molecule has 3 N–H and O–H groups in total. The first-order chi connectivity index (χ1) is 10.2. The van der Waals surface area contributed by atoms with Gasteiger partial charge in [-0.05, 0) is 39.8 Å². The van der Waals surface area contributed by atoms with Gasteiger partial charge in [0, 0.05) is 31.7 Å². The first-order valence-electron chi connectivity index (χ1n) is 7.50. The number of anilines is 2. The summed E-state index contributed by atoms with van der Waals surface area (Å²) in [5.74, 6) is 0.154. The quantitative estimate of drug-likeness (QED) is 0.779. The average Bonchev–Trinajstić information content (AvgIpc) is 2.37. The third-order valence-electron chi connectivity index (χ3n) is 3.60. The normalized spacial score (nSPS) is 19.2.